The van der Waals surface area contributed by atoms with Gasteiger partial charge in [0.2, 0.25) is 0 Å². The van der Waals surface area contributed by atoms with Gasteiger partial charge in [-0.2, -0.15) is 10.2 Å². The average Bonchev–Trinajstić information content (AvgIpc) is 2.99. The van der Waals surface area contributed by atoms with E-state index in [2.05, 4.69) is 25.3 Å². The lowest BCUT2D eigenvalue weighted by atomic mass is 10.3. The van der Waals surface area contributed by atoms with E-state index in [0.29, 0.717) is 18.5 Å². The Balaban J connectivity index is 1.98. The fourth-order valence-corrected chi connectivity index (χ4v) is 2.99. The number of H-pyrrole nitrogens is 1. The van der Waals surface area contributed by atoms with E-state index in [0.717, 1.165) is 5.69 Å². The largest absolute Gasteiger partial charge is 0.316 e. The van der Waals surface area contributed by atoms with Gasteiger partial charge >= 0.3 is 0 Å². The summed E-state index contributed by atoms with van der Waals surface area (Å²) >= 11 is 0. The molecular formula is C11H18N6O2S. The smallest absolute Gasteiger partial charge is 0.257 e. The summed E-state index contributed by atoms with van der Waals surface area (Å²) in [5, 5.41) is 13.5. The molecule has 8 nitrogen and oxygen atoms in total. The van der Waals surface area contributed by atoms with Gasteiger partial charge in [0.25, 0.3) is 10.0 Å². The second-order valence-electron chi connectivity index (χ2n) is 4.38. The van der Waals surface area contributed by atoms with Crippen LogP contribution in [0.15, 0.2) is 23.5 Å². The summed E-state index contributed by atoms with van der Waals surface area (Å²) in [6.07, 6.45) is 3.86. The van der Waals surface area contributed by atoms with Gasteiger partial charge in [0, 0.05) is 38.3 Å². The lowest BCUT2D eigenvalue weighted by Crippen LogP contribution is -2.27. The molecule has 0 aliphatic carbocycles. The Hall–Kier alpha value is -1.71. The maximum absolute atomic E-state index is 12.1. The molecule has 2 rings (SSSR count). The van der Waals surface area contributed by atoms with Crippen molar-refractivity contribution >= 4 is 10.0 Å². The molecule has 0 saturated carbocycles. The highest BCUT2D eigenvalue weighted by molar-refractivity contribution is 7.89. The van der Waals surface area contributed by atoms with Crippen LogP contribution in [-0.2, 0) is 30.0 Å². The van der Waals surface area contributed by atoms with E-state index < -0.39 is 10.0 Å². The minimum absolute atomic E-state index is 0.105. The van der Waals surface area contributed by atoms with Crippen molar-refractivity contribution in [3.8, 4) is 0 Å². The summed E-state index contributed by atoms with van der Waals surface area (Å²) in [5.74, 6) is 0. The number of aromatic amines is 1. The quantitative estimate of drug-likeness (QED) is 0.632. The van der Waals surface area contributed by atoms with Crippen LogP contribution in [0.25, 0.3) is 0 Å². The fraction of sp³-hybridized carbons (Fsp3) is 0.455. The predicted molar refractivity (Wildman–Crippen MR) is 73.5 cm³/mol. The number of aryl methyl sites for hydroxylation is 1. The maximum atomic E-state index is 12.1. The van der Waals surface area contributed by atoms with Gasteiger partial charge in [0.05, 0.1) is 11.9 Å². The van der Waals surface area contributed by atoms with Crippen LogP contribution in [0.5, 0.6) is 0 Å². The molecule has 20 heavy (non-hydrogen) atoms. The third-order valence-electron chi connectivity index (χ3n) is 2.76. The number of hydrogen-bond donors (Lipinski definition) is 3. The van der Waals surface area contributed by atoms with Crippen LogP contribution < -0.4 is 10.0 Å². The maximum Gasteiger partial charge on any atom is 0.257 e. The molecule has 0 spiro atoms. The molecule has 9 heteroatoms. The highest BCUT2D eigenvalue weighted by atomic mass is 32.2. The van der Waals surface area contributed by atoms with Gasteiger partial charge in [0.1, 0.15) is 0 Å². The Bertz CT molecular complexity index is 660. The summed E-state index contributed by atoms with van der Waals surface area (Å²) in [5.41, 5.74) is 1.45. The van der Waals surface area contributed by atoms with Gasteiger partial charge in [-0.25, -0.2) is 13.1 Å². The standard InChI is InChI=1S/C11H18N6O2S/c1-12-7-9-8-13-15-11(9)20(18,19)14-5-3-10-4-6-17(2)16-10/h4,6,8,12,14H,3,5,7H2,1-2H3,(H,13,15). The van der Waals surface area contributed by atoms with Crippen molar-refractivity contribution in [3.63, 3.8) is 0 Å². The van der Waals surface area contributed by atoms with Gasteiger partial charge in [-0.15, -0.1) is 0 Å². The molecule has 2 aromatic heterocycles. The molecule has 0 radical (unpaired) electrons. The van der Waals surface area contributed by atoms with Crippen molar-refractivity contribution in [1.82, 2.24) is 30.0 Å². The molecule has 2 heterocycles. The van der Waals surface area contributed by atoms with Crippen molar-refractivity contribution in [2.75, 3.05) is 13.6 Å². The zero-order valence-electron chi connectivity index (χ0n) is 11.4. The monoisotopic (exact) mass is 298 g/mol. The third-order valence-corrected chi connectivity index (χ3v) is 4.23. The Kier molecular flexibility index (Phi) is 4.53. The molecule has 0 amide bonds. The first kappa shape index (κ1) is 14.7. The molecule has 0 unspecified atom stereocenters. The Morgan fingerprint density at radius 1 is 1.45 bits per heavy atom. The Morgan fingerprint density at radius 2 is 2.25 bits per heavy atom. The summed E-state index contributed by atoms with van der Waals surface area (Å²) in [6.45, 7) is 0.727. The lowest BCUT2D eigenvalue weighted by molar-refractivity contribution is 0.574. The number of nitrogens with one attached hydrogen (secondary N) is 3. The van der Waals surface area contributed by atoms with E-state index in [1.807, 2.05) is 19.3 Å². The Labute approximate surface area is 117 Å². The van der Waals surface area contributed by atoms with Crippen LogP contribution in [0.3, 0.4) is 0 Å². The number of sulfonamides is 1. The van der Waals surface area contributed by atoms with E-state index in [4.69, 9.17) is 0 Å². The normalized spacial score (nSPS) is 11.9. The van der Waals surface area contributed by atoms with E-state index in [-0.39, 0.29) is 11.6 Å². The van der Waals surface area contributed by atoms with Gasteiger partial charge in [-0.05, 0) is 13.1 Å². The van der Waals surface area contributed by atoms with Gasteiger partial charge in [0.15, 0.2) is 5.03 Å². The zero-order chi connectivity index (χ0) is 14.6. The molecular weight excluding hydrogens is 280 g/mol. The van der Waals surface area contributed by atoms with Crippen LogP contribution in [-0.4, -0.2) is 42.0 Å². The van der Waals surface area contributed by atoms with E-state index >= 15 is 0 Å². The summed E-state index contributed by atoms with van der Waals surface area (Å²) < 4.78 is 28.5. The molecule has 0 bridgehead atoms. The van der Waals surface area contributed by atoms with Crippen LogP contribution >= 0.6 is 0 Å². The van der Waals surface area contributed by atoms with E-state index in [9.17, 15) is 8.42 Å². The highest BCUT2D eigenvalue weighted by Crippen LogP contribution is 2.11. The summed E-state index contributed by atoms with van der Waals surface area (Å²) in [4.78, 5) is 0. The third kappa shape index (κ3) is 3.44. The predicted octanol–water partition coefficient (Wildman–Crippen LogP) is -0.616. The second kappa shape index (κ2) is 6.16. The van der Waals surface area contributed by atoms with Crippen molar-refractivity contribution in [1.29, 1.82) is 0 Å². The topological polar surface area (TPSA) is 105 Å². The summed E-state index contributed by atoms with van der Waals surface area (Å²) in [6, 6.07) is 1.86. The minimum Gasteiger partial charge on any atom is -0.316 e. The molecule has 0 saturated heterocycles. The number of nitrogens with zero attached hydrogens (tertiary/aromatic N) is 3. The molecule has 2 aromatic rings. The number of aromatic nitrogens is 4. The lowest BCUT2D eigenvalue weighted by Gasteiger charge is -2.06. The molecule has 0 atom stereocenters. The van der Waals surface area contributed by atoms with Crippen LogP contribution in [0.2, 0.25) is 0 Å². The van der Waals surface area contributed by atoms with E-state index in [1.54, 1.807) is 11.7 Å². The van der Waals surface area contributed by atoms with E-state index in [1.165, 1.54) is 6.20 Å². The molecule has 0 aromatic carbocycles. The van der Waals surface area contributed by atoms with Crippen LogP contribution in [0, 0.1) is 0 Å². The van der Waals surface area contributed by atoms with Gasteiger partial charge < -0.3 is 5.32 Å². The van der Waals surface area contributed by atoms with Crippen molar-refractivity contribution in [3.05, 3.63) is 29.7 Å². The van der Waals surface area contributed by atoms with Gasteiger partial charge in [-0.1, -0.05) is 0 Å². The number of hydrogen-bond acceptors (Lipinski definition) is 5. The van der Waals surface area contributed by atoms with Crippen LogP contribution in [0.1, 0.15) is 11.3 Å². The molecule has 0 fully saturated rings. The fourth-order valence-electron chi connectivity index (χ4n) is 1.83. The van der Waals surface area contributed by atoms with Crippen molar-refractivity contribution in [2.45, 2.75) is 18.0 Å². The molecule has 0 aliphatic rings. The first-order valence-corrected chi connectivity index (χ1v) is 7.66. The molecule has 110 valence electrons. The first-order valence-electron chi connectivity index (χ1n) is 6.18. The average molecular weight is 298 g/mol. The van der Waals surface area contributed by atoms with Crippen molar-refractivity contribution < 1.29 is 8.42 Å². The highest BCUT2D eigenvalue weighted by Gasteiger charge is 2.19. The zero-order valence-corrected chi connectivity index (χ0v) is 12.2. The molecule has 3 N–H and O–H groups in total. The number of rotatable bonds is 7. The van der Waals surface area contributed by atoms with Gasteiger partial charge in [-0.3, -0.25) is 9.78 Å². The first-order chi connectivity index (χ1) is 9.53. The molecule has 0 aliphatic heterocycles. The van der Waals surface area contributed by atoms with Crippen molar-refractivity contribution in [2.24, 2.45) is 7.05 Å². The van der Waals surface area contributed by atoms with Crippen LogP contribution in [0.4, 0.5) is 0 Å². The minimum atomic E-state index is -3.58. The Morgan fingerprint density at radius 3 is 2.90 bits per heavy atom. The second-order valence-corrected chi connectivity index (χ2v) is 6.09. The summed E-state index contributed by atoms with van der Waals surface area (Å²) in [7, 11) is -0.00614. The SMILES string of the molecule is CNCc1cn[nH]c1S(=O)(=O)NCCc1ccn(C)n1.